The van der Waals surface area contributed by atoms with Crippen LogP contribution in [0.1, 0.15) is 139 Å². The summed E-state index contributed by atoms with van der Waals surface area (Å²) in [4.78, 5) is 56.5. The first-order valence-electron chi connectivity index (χ1n) is 24.1. The van der Waals surface area contributed by atoms with E-state index in [2.05, 4.69) is 53.4 Å². The van der Waals surface area contributed by atoms with E-state index in [0.29, 0.717) is 81.0 Å². The fourth-order valence-electron chi connectivity index (χ4n) is 10.1. The highest BCUT2D eigenvalue weighted by Crippen LogP contribution is 2.47. The van der Waals surface area contributed by atoms with E-state index in [0.717, 1.165) is 53.4 Å². The fraction of sp³-hybridized carbons (Fsp3) is 0.527. The molecule has 5 unspecified atom stereocenters. The number of fused-ring (bicyclic) bond motifs is 5. The highest BCUT2D eigenvalue weighted by Gasteiger charge is 2.52. The van der Waals surface area contributed by atoms with Gasteiger partial charge < -0.3 is 19.9 Å². The van der Waals surface area contributed by atoms with Gasteiger partial charge in [0.25, 0.3) is 0 Å². The average molecular weight is 885 g/mol. The van der Waals surface area contributed by atoms with E-state index < -0.39 is 11.9 Å². The van der Waals surface area contributed by atoms with E-state index in [9.17, 15) is 19.5 Å². The second kappa shape index (κ2) is 21.7. The van der Waals surface area contributed by atoms with E-state index in [-0.39, 0.29) is 36.6 Å². The molecule has 0 amide bonds. The van der Waals surface area contributed by atoms with E-state index in [1.54, 1.807) is 6.08 Å². The maximum Gasteiger partial charge on any atom is 0.321 e. The number of aliphatic imine (C=N–C) groups is 3. The quantitative estimate of drug-likeness (QED) is 0.0537. The Labute approximate surface area is 387 Å². The molecule has 0 aromatic carbocycles. The summed E-state index contributed by atoms with van der Waals surface area (Å²) in [5.41, 5.74) is 10.9. The van der Waals surface area contributed by atoms with Gasteiger partial charge in [-0.25, -0.2) is 15.0 Å². The molecule has 348 valence electrons. The third-order valence-corrected chi connectivity index (χ3v) is 14.2. The van der Waals surface area contributed by atoms with Gasteiger partial charge in [-0.3, -0.25) is 14.4 Å². The van der Waals surface area contributed by atoms with Crippen LogP contribution < -0.4 is 5.32 Å². The van der Waals surface area contributed by atoms with Crippen molar-refractivity contribution in [2.45, 2.75) is 139 Å². The van der Waals surface area contributed by atoms with Gasteiger partial charge in [-0.05, 0) is 105 Å². The van der Waals surface area contributed by atoms with Crippen LogP contribution in [-0.4, -0.2) is 53.7 Å². The Kier molecular flexibility index (Phi) is 16.4. The van der Waals surface area contributed by atoms with Crippen LogP contribution in [0.15, 0.2) is 131 Å². The zero-order valence-electron chi connectivity index (χ0n) is 40.7. The topological polar surface area (TPSA) is 139 Å². The lowest BCUT2D eigenvalue weighted by atomic mass is 9.85. The largest absolute Gasteiger partial charge is 0.515 e. The lowest BCUT2D eigenvalue weighted by Crippen LogP contribution is -2.26. The number of hydrogen-bond donors (Lipinski definition) is 2. The minimum absolute atomic E-state index is 0.139. The number of hydrogen-bond acceptors (Lipinski definition) is 10. The van der Waals surface area contributed by atoms with Crippen molar-refractivity contribution in [3.8, 4) is 0 Å². The Morgan fingerprint density at radius 1 is 0.908 bits per heavy atom. The number of Topliss-reactive ketones (excluding diaryl/α,β-unsaturated/α-hetero) is 1. The van der Waals surface area contributed by atoms with Crippen molar-refractivity contribution in [2.75, 3.05) is 13.7 Å². The first kappa shape index (κ1) is 49.1. The summed E-state index contributed by atoms with van der Waals surface area (Å²) in [6, 6.07) is 0. The predicted molar refractivity (Wildman–Crippen MR) is 262 cm³/mol. The summed E-state index contributed by atoms with van der Waals surface area (Å²) < 4.78 is 11.0. The van der Waals surface area contributed by atoms with Crippen LogP contribution in [0, 0.1) is 35.5 Å². The van der Waals surface area contributed by atoms with Gasteiger partial charge in [0.2, 0.25) is 0 Å². The summed E-state index contributed by atoms with van der Waals surface area (Å²) in [6.45, 7) is 23.7. The number of aliphatic hydroxyl groups excluding tert-OH is 1. The maximum absolute atomic E-state index is 14.4. The predicted octanol–water partition coefficient (Wildman–Crippen LogP) is 12.1. The lowest BCUT2D eigenvalue weighted by molar-refractivity contribution is -0.146. The van der Waals surface area contributed by atoms with Crippen LogP contribution >= 0.6 is 0 Å². The molecule has 1 saturated carbocycles. The van der Waals surface area contributed by atoms with Crippen LogP contribution in [0.5, 0.6) is 0 Å². The summed E-state index contributed by atoms with van der Waals surface area (Å²) in [7, 11) is 1.29. The van der Waals surface area contributed by atoms with Crippen molar-refractivity contribution in [3.63, 3.8) is 0 Å². The highest BCUT2D eigenvalue weighted by molar-refractivity contribution is 6.42. The van der Waals surface area contributed by atoms with Crippen molar-refractivity contribution < 1.29 is 29.0 Å². The van der Waals surface area contributed by atoms with Crippen LogP contribution in [0.3, 0.4) is 0 Å². The van der Waals surface area contributed by atoms with E-state index in [1.807, 2.05) is 45.1 Å². The molecule has 1 aliphatic carbocycles. The van der Waals surface area contributed by atoms with Crippen molar-refractivity contribution in [1.82, 2.24) is 5.32 Å². The Balaban J connectivity index is 1.21. The molecule has 8 bridgehead atoms. The van der Waals surface area contributed by atoms with Crippen LogP contribution in [-0.2, 0) is 23.9 Å². The van der Waals surface area contributed by atoms with Crippen molar-refractivity contribution in [3.05, 3.63) is 116 Å². The Morgan fingerprint density at radius 3 is 2.25 bits per heavy atom. The number of carbonyl (C=O) groups is 3. The minimum atomic E-state index is -1.23. The molecule has 0 aromatic heterocycles. The van der Waals surface area contributed by atoms with E-state index in [4.69, 9.17) is 24.5 Å². The van der Waals surface area contributed by atoms with Gasteiger partial charge in [0, 0.05) is 51.9 Å². The van der Waals surface area contributed by atoms with E-state index in [1.165, 1.54) is 57.6 Å². The van der Waals surface area contributed by atoms with Crippen molar-refractivity contribution >= 4 is 34.9 Å². The number of carbonyl (C=O) groups excluding carboxylic acids is 3. The first-order valence-corrected chi connectivity index (χ1v) is 24.1. The number of ether oxygens (including phenoxy) is 2. The summed E-state index contributed by atoms with van der Waals surface area (Å²) in [6.07, 6.45) is 22.9. The number of esters is 2. The molecule has 0 radical (unpaired) electrons. The number of allylic oxidation sites excluding steroid dienone is 12. The molecule has 0 spiro atoms. The molecule has 65 heavy (non-hydrogen) atoms. The number of ketones is 1. The number of methoxy groups -OCH3 is 1. The second-order valence-corrected chi connectivity index (χ2v) is 19.4. The number of nitrogens with zero attached hydrogens (tertiary/aromatic N) is 3. The molecule has 2 fully saturated rings. The fourth-order valence-corrected chi connectivity index (χ4v) is 10.1. The van der Waals surface area contributed by atoms with Gasteiger partial charge in [-0.2, -0.15) is 0 Å². The van der Waals surface area contributed by atoms with Crippen LogP contribution in [0.4, 0.5) is 0 Å². The van der Waals surface area contributed by atoms with Gasteiger partial charge >= 0.3 is 11.9 Å². The molecule has 10 nitrogen and oxygen atoms in total. The summed E-state index contributed by atoms with van der Waals surface area (Å²) in [5.74, 6) is -0.732. The third kappa shape index (κ3) is 10.8. The van der Waals surface area contributed by atoms with Crippen LogP contribution in [0.25, 0.3) is 0 Å². The molecule has 2 N–H and O–H groups in total. The third-order valence-electron chi connectivity index (χ3n) is 14.2. The SMILES string of the molecule is C=CC1=C(C)C2=NC1=CC1=NC(=C(CC)/C1=C\O)C=C1N=C3C(=C1C)C(=O)C(C(=O)OC)C3=C1NC(=C2)C(C)C1CCC(=O)OCC=C(C)CCCC(C)CCCC(C)CCCC(C)C. The van der Waals surface area contributed by atoms with Gasteiger partial charge in [-0.1, -0.05) is 105 Å². The highest BCUT2D eigenvalue weighted by atomic mass is 16.5. The standard InChI is InChI=1S/C55H72N4O6/c1-12-38-35(8)42-27-43-36(9)40(23-24-48(61)65-26-25-34(7)22-16-21-33(6)20-15-19-32(5)18-14-17-31(3)4)52(58-43)50-51(55(63)64-11)54(62)49-37(10)44(59-53(49)50)28-46-39(13-2)41(30-60)47(57-46)29-45(38)56-42/h12,25,27-33,36,40,51,58,60H,1,13-24,26H2,2-11H3/b34-25?,41-30+,43-27?,44-28?,45-29?,52-50?. The Hall–Kier alpha value is -5.38. The molecular weight excluding hydrogens is 813 g/mol. The molecular formula is C55H72N4O6. The molecule has 1 saturated heterocycles. The second-order valence-electron chi connectivity index (χ2n) is 19.4. The number of aliphatic hydroxyl groups is 1. The van der Waals surface area contributed by atoms with Gasteiger partial charge in [0.1, 0.15) is 12.5 Å². The minimum Gasteiger partial charge on any atom is -0.515 e. The molecule has 10 heteroatoms. The maximum atomic E-state index is 14.4. The molecule has 5 heterocycles. The molecule has 5 atom stereocenters. The number of rotatable bonds is 20. The zero-order chi connectivity index (χ0) is 47.1. The summed E-state index contributed by atoms with van der Waals surface area (Å²) in [5, 5.41) is 14.1. The normalized spacial score (nSPS) is 23.2. The Bertz CT molecular complexity index is 2350. The summed E-state index contributed by atoms with van der Waals surface area (Å²) >= 11 is 0. The molecule has 6 rings (SSSR count). The molecule has 0 aromatic rings. The monoisotopic (exact) mass is 885 g/mol. The van der Waals surface area contributed by atoms with E-state index >= 15 is 0 Å². The number of nitrogens with one attached hydrogen (secondary N) is 1. The molecule has 6 aliphatic rings. The van der Waals surface area contributed by atoms with Crippen molar-refractivity contribution in [1.29, 1.82) is 0 Å². The zero-order valence-corrected chi connectivity index (χ0v) is 40.7. The molecule has 5 aliphatic heterocycles. The van der Waals surface area contributed by atoms with Crippen LogP contribution in [0.2, 0.25) is 0 Å². The Morgan fingerprint density at radius 2 is 1.60 bits per heavy atom. The van der Waals surface area contributed by atoms with Crippen molar-refractivity contribution in [2.24, 2.45) is 50.5 Å². The first-order chi connectivity index (χ1) is 31.1. The smallest absolute Gasteiger partial charge is 0.321 e. The lowest BCUT2D eigenvalue weighted by Gasteiger charge is -2.19. The average Bonchev–Trinajstić information content (AvgIpc) is 4.02. The van der Waals surface area contributed by atoms with Gasteiger partial charge in [0.05, 0.1) is 47.6 Å². The van der Waals surface area contributed by atoms with Gasteiger partial charge in [0.15, 0.2) is 5.78 Å². The van der Waals surface area contributed by atoms with Gasteiger partial charge in [-0.15, -0.1) is 0 Å².